The quantitative estimate of drug-likeness (QED) is 0.333. The normalized spacial score (nSPS) is 12.5. The highest BCUT2D eigenvalue weighted by Crippen LogP contribution is 2.20. The Balaban J connectivity index is 2.37. The molecule has 0 N–H and O–H groups in total. The Bertz CT molecular complexity index is 610. The Morgan fingerprint density at radius 3 is 2.78 bits per heavy atom. The summed E-state index contributed by atoms with van der Waals surface area (Å²) in [5.74, 6) is 0. The van der Waals surface area contributed by atoms with E-state index in [4.69, 9.17) is 5.53 Å². The van der Waals surface area contributed by atoms with Gasteiger partial charge in [-0.25, -0.2) is 0 Å². The highest BCUT2D eigenvalue weighted by molar-refractivity contribution is 9.09. The van der Waals surface area contributed by atoms with Gasteiger partial charge in [0.05, 0.1) is 6.04 Å². The molecule has 0 aliphatic rings. The maximum Gasteiger partial charge on any atom is 0.0655 e. The van der Waals surface area contributed by atoms with Crippen molar-refractivity contribution < 1.29 is 0 Å². The number of benzene rings is 2. The lowest BCUT2D eigenvalue weighted by Crippen LogP contribution is -1.98. The van der Waals surface area contributed by atoms with Crippen molar-refractivity contribution in [3.63, 3.8) is 0 Å². The van der Waals surface area contributed by atoms with Gasteiger partial charge >= 0.3 is 0 Å². The summed E-state index contributed by atoms with van der Waals surface area (Å²) in [6.07, 6.45) is 3.92. The molecular formula is C14H12BrN3. The molecule has 1 atom stereocenters. The minimum Gasteiger partial charge on any atom is -0.0920 e. The fourth-order valence-corrected chi connectivity index (χ4v) is 2.14. The van der Waals surface area contributed by atoms with Crippen LogP contribution in [0.1, 0.15) is 5.56 Å². The zero-order chi connectivity index (χ0) is 12.8. The van der Waals surface area contributed by atoms with Gasteiger partial charge in [-0.3, -0.25) is 0 Å². The number of rotatable bonds is 4. The standard InChI is InChI=1S/C14H12BrN3/c15-10-13(17-18-16)9-8-12-6-3-5-11-4-1-2-7-14(11)12/h1-9,13H,10H2/b9-8+. The van der Waals surface area contributed by atoms with E-state index in [-0.39, 0.29) is 6.04 Å². The van der Waals surface area contributed by atoms with Gasteiger partial charge in [0.1, 0.15) is 0 Å². The van der Waals surface area contributed by atoms with E-state index < -0.39 is 0 Å². The molecule has 0 radical (unpaired) electrons. The van der Waals surface area contributed by atoms with E-state index in [0.29, 0.717) is 5.33 Å². The van der Waals surface area contributed by atoms with Crippen molar-refractivity contribution in [3.8, 4) is 0 Å². The molecule has 2 aromatic carbocycles. The van der Waals surface area contributed by atoms with Gasteiger partial charge in [-0.15, -0.1) is 0 Å². The van der Waals surface area contributed by atoms with E-state index in [9.17, 15) is 0 Å². The lowest BCUT2D eigenvalue weighted by atomic mass is 10.0. The first-order valence-corrected chi connectivity index (χ1v) is 6.73. The van der Waals surface area contributed by atoms with Gasteiger partial charge in [-0.2, -0.15) is 0 Å². The van der Waals surface area contributed by atoms with Gasteiger partial charge in [0.15, 0.2) is 0 Å². The lowest BCUT2D eigenvalue weighted by molar-refractivity contribution is 0.936. The number of hydrogen-bond donors (Lipinski definition) is 0. The number of fused-ring (bicyclic) bond motifs is 1. The predicted molar refractivity (Wildman–Crippen MR) is 79.7 cm³/mol. The van der Waals surface area contributed by atoms with Gasteiger partial charge in [0.25, 0.3) is 0 Å². The largest absolute Gasteiger partial charge is 0.0920 e. The topological polar surface area (TPSA) is 48.8 Å². The molecule has 0 saturated heterocycles. The van der Waals surface area contributed by atoms with Crippen molar-refractivity contribution in [1.29, 1.82) is 0 Å². The van der Waals surface area contributed by atoms with Crippen LogP contribution in [0.5, 0.6) is 0 Å². The highest BCUT2D eigenvalue weighted by atomic mass is 79.9. The van der Waals surface area contributed by atoms with E-state index in [1.807, 2.05) is 30.4 Å². The van der Waals surface area contributed by atoms with E-state index in [0.717, 1.165) is 5.56 Å². The van der Waals surface area contributed by atoms with Crippen molar-refractivity contribution >= 4 is 32.8 Å². The zero-order valence-corrected chi connectivity index (χ0v) is 11.3. The van der Waals surface area contributed by atoms with Crippen LogP contribution in [0, 0.1) is 0 Å². The molecule has 1 unspecified atom stereocenters. The summed E-state index contributed by atoms with van der Waals surface area (Å²) >= 11 is 3.32. The molecule has 0 saturated carbocycles. The third-order valence-electron chi connectivity index (χ3n) is 2.68. The molecule has 4 heteroatoms. The Kier molecular flexibility index (Phi) is 4.40. The van der Waals surface area contributed by atoms with Crippen LogP contribution in [0.15, 0.2) is 53.7 Å². The Labute approximate surface area is 114 Å². The third-order valence-corrected chi connectivity index (χ3v) is 3.34. The van der Waals surface area contributed by atoms with Crippen LogP contribution < -0.4 is 0 Å². The van der Waals surface area contributed by atoms with E-state index in [2.05, 4.69) is 50.2 Å². The van der Waals surface area contributed by atoms with Gasteiger partial charge in [-0.05, 0) is 21.9 Å². The number of hydrogen-bond acceptors (Lipinski definition) is 1. The molecule has 18 heavy (non-hydrogen) atoms. The summed E-state index contributed by atoms with van der Waals surface area (Å²) in [5.41, 5.74) is 9.57. The number of nitrogens with zero attached hydrogens (tertiary/aromatic N) is 3. The molecule has 0 aromatic heterocycles. The number of alkyl halides is 1. The summed E-state index contributed by atoms with van der Waals surface area (Å²) in [4.78, 5) is 2.83. The van der Waals surface area contributed by atoms with Crippen molar-refractivity contribution in [2.24, 2.45) is 5.11 Å². The number of halogens is 1. The first kappa shape index (κ1) is 12.7. The summed E-state index contributed by atoms with van der Waals surface area (Å²) in [6, 6.07) is 14.2. The van der Waals surface area contributed by atoms with Crippen LogP contribution in [0.25, 0.3) is 27.3 Å². The smallest absolute Gasteiger partial charge is 0.0655 e. The van der Waals surface area contributed by atoms with Crippen molar-refractivity contribution in [2.75, 3.05) is 5.33 Å². The van der Waals surface area contributed by atoms with Crippen LogP contribution in [0.3, 0.4) is 0 Å². The zero-order valence-electron chi connectivity index (χ0n) is 9.70. The summed E-state index contributed by atoms with van der Waals surface area (Å²) in [6.45, 7) is 0. The van der Waals surface area contributed by atoms with Gasteiger partial charge in [0.2, 0.25) is 0 Å². The van der Waals surface area contributed by atoms with E-state index in [1.165, 1.54) is 10.8 Å². The molecule has 3 nitrogen and oxygen atoms in total. The summed E-state index contributed by atoms with van der Waals surface area (Å²) in [7, 11) is 0. The van der Waals surface area contributed by atoms with Gasteiger partial charge in [0, 0.05) is 10.2 Å². The van der Waals surface area contributed by atoms with Crippen LogP contribution in [-0.4, -0.2) is 11.4 Å². The lowest BCUT2D eigenvalue weighted by Gasteiger charge is -2.03. The molecule has 2 aromatic rings. The fraction of sp³-hybridized carbons (Fsp3) is 0.143. The molecule has 0 aliphatic carbocycles. The Morgan fingerprint density at radius 1 is 1.22 bits per heavy atom. The molecule has 0 fully saturated rings. The Hall–Kier alpha value is -1.77. The number of azide groups is 1. The molecule has 2 rings (SSSR count). The molecule has 0 bridgehead atoms. The predicted octanol–water partition coefficient (Wildman–Crippen LogP) is 4.93. The molecule has 0 aliphatic heterocycles. The second-order valence-corrected chi connectivity index (χ2v) is 4.50. The SMILES string of the molecule is [N-]=[N+]=NC(/C=C/c1cccc2ccccc12)CBr. The minimum atomic E-state index is -0.158. The van der Waals surface area contributed by atoms with Crippen LogP contribution in [-0.2, 0) is 0 Å². The van der Waals surface area contributed by atoms with E-state index >= 15 is 0 Å². The van der Waals surface area contributed by atoms with Crippen LogP contribution in [0.2, 0.25) is 0 Å². The maximum atomic E-state index is 8.44. The Morgan fingerprint density at radius 2 is 2.00 bits per heavy atom. The minimum absolute atomic E-state index is 0.158. The second-order valence-electron chi connectivity index (χ2n) is 3.85. The highest BCUT2D eigenvalue weighted by Gasteiger charge is 2.00. The molecule has 0 heterocycles. The first-order valence-electron chi connectivity index (χ1n) is 5.61. The molecule has 0 amide bonds. The monoisotopic (exact) mass is 301 g/mol. The third kappa shape index (κ3) is 2.92. The van der Waals surface area contributed by atoms with E-state index in [1.54, 1.807) is 0 Å². The maximum absolute atomic E-state index is 8.44. The second kappa shape index (κ2) is 6.24. The molecule has 90 valence electrons. The van der Waals surface area contributed by atoms with Gasteiger partial charge in [-0.1, -0.05) is 75.7 Å². The average Bonchev–Trinajstić information content (AvgIpc) is 2.43. The summed E-state index contributed by atoms with van der Waals surface area (Å²) < 4.78 is 0. The van der Waals surface area contributed by atoms with Gasteiger partial charge < -0.3 is 0 Å². The average molecular weight is 302 g/mol. The first-order chi connectivity index (χ1) is 8.85. The van der Waals surface area contributed by atoms with Crippen LogP contribution >= 0.6 is 15.9 Å². The van der Waals surface area contributed by atoms with Crippen molar-refractivity contribution in [1.82, 2.24) is 0 Å². The van der Waals surface area contributed by atoms with Crippen molar-refractivity contribution in [3.05, 3.63) is 64.5 Å². The van der Waals surface area contributed by atoms with Crippen LogP contribution in [0.4, 0.5) is 0 Å². The summed E-state index contributed by atoms with van der Waals surface area (Å²) in [5, 5.41) is 6.71. The van der Waals surface area contributed by atoms with Crippen molar-refractivity contribution in [2.45, 2.75) is 6.04 Å². The molecular weight excluding hydrogens is 290 g/mol. The fourth-order valence-electron chi connectivity index (χ4n) is 1.80. The molecule has 0 spiro atoms.